The van der Waals surface area contributed by atoms with Crippen LogP contribution >= 0.6 is 0 Å². The van der Waals surface area contributed by atoms with Crippen LogP contribution in [0.3, 0.4) is 0 Å². The summed E-state index contributed by atoms with van der Waals surface area (Å²) >= 11 is 0. The SMILES string of the molecule is NCC1c2ccccc2CCN1c1ccc(C(N)=O)cn1. The summed E-state index contributed by atoms with van der Waals surface area (Å²) in [5.41, 5.74) is 14.2. The Kier molecular flexibility index (Phi) is 3.58. The number of carbonyl (C=O) groups is 1. The lowest BCUT2D eigenvalue weighted by molar-refractivity contribution is 0.1000. The maximum absolute atomic E-state index is 11.1. The Bertz CT molecular complexity index is 654. The Hall–Kier alpha value is -2.40. The zero-order valence-electron chi connectivity index (χ0n) is 11.7. The zero-order valence-corrected chi connectivity index (χ0v) is 11.7. The molecule has 0 bridgehead atoms. The summed E-state index contributed by atoms with van der Waals surface area (Å²) < 4.78 is 0. The number of anilines is 1. The molecule has 1 aliphatic heterocycles. The van der Waals surface area contributed by atoms with Gasteiger partial charge in [-0.05, 0) is 29.7 Å². The molecular weight excluding hydrogens is 264 g/mol. The Balaban J connectivity index is 1.94. The predicted octanol–water partition coefficient (Wildman–Crippen LogP) is 1.24. The molecule has 1 unspecified atom stereocenters. The quantitative estimate of drug-likeness (QED) is 0.887. The average molecular weight is 282 g/mol. The highest BCUT2D eigenvalue weighted by atomic mass is 16.1. The van der Waals surface area contributed by atoms with Crippen LogP contribution in [-0.4, -0.2) is 24.0 Å². The first kappa shape index (κ1) is 13.6. The highest BCUT2D eigenvalue weighted by Gasteiger charge is 2.26. The van der Waals surface area contributed by atoms with E-state index in [1.807, 2.05) is 12.1 Å². The van der Waals surface area contributed by atoms with Gasteiger partial charge in [-0.3, -0.25) is 4.79 Å². The van der Waals surface area contributed by atoms with E-state index in [2.05, 4.69) is 28.1 Å². The van der Waals surface area contributed by atoms with Crippen LogP contribution in [0.2, 0.25) is 0 Å². The molecule has 0 saturated heterocycles. The number of amides is 1. The molecule has 5 heteroatoms. The Labute approximate surface area is 123 Å². The minimum absolute atomic E-state index is 0.113. The van der Waals surface area contributed by atoms with E-state index in [1.165, 1.54) is 17.3 Å². The first-order chi connectivity index (χ1) is 10.2. The van der Waals surface area contributed by atoms with Gasteiger partial charge in [0.25, 0.3) is 0 Å². The summed E-state index contributed by atoms with van der Waals surface area (Å²) in [4.78, 5) is 17.7. The zero-order chi connectivity index (χ0) is 14.8. The van der Waals surface area contributed by atoms with Crippen molar-refractivity contribution in [2.45, 2.75) is 12.5 Å². The fourth-order valence-electron chi connectivity index (χ4n) is 2.88. The highest BCUT2D eigenvalue weighted by Crippen LogP contribution is 2.31. The van der Waals surface area contributed by atoms with Gasteiger partial charge in [0.2, 0.25) is 5.91 Å². The van der Waals surface area contributed by atoms with Crippen molar-refractivity contribution >= 4 is 11.7 Å². The standard InChI is InChI=1S/C16H18N4O/c17-9-14-13-4-2-1-3-11(13)7-8-20(14)15-6-5-12(10-19-15)16(18)21/h1-6,10,14H,7-9,17H2,(H2,18,21). The van der Waals surface area contributed by atoms with Gasteiger partial charge in [-0.2, -0.15) is 0 Å². The largest absolute Gasteiger partial charge is 0.366 e. The van der Waals surface area contributed by atoms with Crippen molar-refractivity contribution in [3.63, 3.8) is 0 Å². The molecule has 2 heterocycles. The minimum atomic E-state index is -0.464. The molecule has 2 aromatic rings. The van der Waals surface area contributed by atoms with Gasteiger partial charge in [0.1, 0.15) is 5.82 Å². The van der Waals surface area contributed by atoms with Gasteiger partial charge in [-0.15, -0.1) is 0 Å². The molecule has 0 radical (unpaired) electrons. The molecule has 108 valence electrons. The van der Waals surface area contributed by atoms with Crippen molar-refractivity contribution in [2.24, 2.45) is 11.5 Å². The van der Waals surface area contributed by atoms with E-state index in [9.17, 15) is 4.79 Å². The van der Waals surface area contributed by atoms with Gasteiger partial charge in [-0.25, -0.2) is 4.98 Å². The van der Waals surface area contributed by atoms with Crippen LogP contribution in [0.1, 0.15) is 27.5 Å². The van der Waals surface area contributed by atoms with E-state index in [0.717, 1.165) is 18.8 Å². The summed E-state index contributed by atoms with van der Waals surface area (Å²) in [6, 6.07) is 12.0. The van der Waals surface area contributed by atoms with Crippen molar-refractivity contribution in [2.75, 3.05) is 18.0 Å². The maximum Gasteiger partial charge on any atom is 0.250 e. The molecule has 0 aliphatic carbocycles. The number of rotatable bonds is 3. The van der Waals surface area contributed by atoms with Crippen LogP contribution in [0, 0.1) is 0 Å². The van der Waals surface area contributed by atoms with Crippen molar-refractivity contribution in [1.82, 2.24) is 4.98 Å². The average Bonchev–Trinajstić information content (AvgIpc) is 2.53. The van der Waals surface area contributed by atoms with Gasteiger partial charge >= 0.3 is 0 Å². The number of nitrogens with two attached hydrogens (primary N) is 2. The van der Waals surface area contributed by atoms with E-state index in [0.29, 0.717) is 12.1 Å². The first-order valence-corrected chi connectivity index (χ1v) is 7.01. The van der Waals surface area contributed by atoms with Gasteiger partial charge in [0.05, 0.1) is 11.6 Å². The second-order valence-corrected chi connectivity index (χ2v) is 5.16. The summed E-state index contributed by atoms with van der Waals surface area (Å²) in [7, 11) is 0. The lowest BCUT2D eigenvalue weighted by Gasteiger charge is -2.37. The van der Waals surface area contributed by atoms with Crippen LogP contribution in [0.15, 0.2) is 42.6 Å². The van der Waals surface area contributed by atoms with Crippen molar-refractivity contribution in [3.05, 3.63) is 59.3 Å². The lowest BCUT2D eigenvalue weighted by atomic mass is 9.92. The van der Waals surface area contributed by atoms with E-state index < -0.39 is 5.91 Å². The van der Waals surface area contributed by atoms with Gasteiger partial charge < -0.3 is 16.4 Å². The van der Waals surface area contributed by atoms with E-state index in [1.54, 1.807) is 6.07 Å². The Morgan fingerprint density at radius 3 is 2.76 bits per heavy atom. The monoisotopic (exact) mass is 282 g/mol. The molecule has 1 aliphatic rings. The van der Waals surface area contributed by atoms with E-state index >= 15 is 0 Å². The van der Waals surface area contributed by atoms with E-state index in [4.69, 9.17) is 11.5 Å². The van der Waals surface area contributed by atoms with Crippen molar-refractivity contribution in [3.8, 4) is 0 Å². The smallest absolute Gasteiger partial charge is 0.250 e. The number of carbonyl (C=O) groups excluding carboxylic acids is 1. The molecule has 0 saturated carbocycles. The molecule has 0 spiro atoms. The molecule has 0 fully saturated rings. The predicted molar refractivity (Wildman–Crippen MR) is 82.0 cm³/mol. The molecule has 1 aromatic carbocycles. The fourth-order valence-corrected chi connectivity index (χ4v) is 2.88. The third-order valence-corrected chi connectivity index (χ3v) is 3.96. The summed E-state index contributed by atoms with van der Waals surface area (Å²) in [5, 5.41) is 0. The molecule has 1 atom stereocenters. The molecule has 21 heavy (non-hydrogen) atoms. The minimum Gasteiger partial charge on any atom is -0.366 e. The number of benzene rings is 1. The number of primary amides is 1. The summed E-state index contributed by atoms with van der Waals surface area (Å²) in [5.74, 6) is 0.360. The lowest BCUT2D eigenvalue weighted by Crippen LogP contribution is -2.39. The van der Waals surface area contributed by atoms with Crippen LogP contribution in [-0.2, 0) is 6.42 Å². The number of fused-ring (bicyclic) bond motifs is 1. The maximum atomic E-state index is 11.1. The van der Waals surface area contributed by atoms with Gasteiger partial charge in [0, 0.05) is 19.3 Å². The first-order valence-electron chi connectivity index (χ1n) is 7.01. The molecule has 4 N–H and O–H groups in total. The van der Waals surface area contributed by atoms with Crippen molar-refractivity contribution in [1.29, 1.82) is 0 Å². The van der Waals surface area contributed by atoms with E-state index in [-0.39, 0.29) is 6.04 Å². The normalized spacial score (nSPS) is 17.4. The second kappa shape index (κ2) is 5.54. The topological polar surface area (TPSA) is 85.2 Å². The molecule has 1 amide bonds. The van der Waals surface area contributed by atoms with Crippen LogP contribution in [0.25, 0.3) is 0 Å². The fraction of sp³-hybridized carbons (Fsp3) is 0.250. The molecular formula is C16H18N4O. The third kappa shape index (κ3) is 2.48. The number of hydrogen-bond acceptors (Lipinski definition) is 4. The second-order valence-electron chi connectivity index (χ2n) is 5.16. The van der Waals surface area contributed by atoms with Gasteiger partial charge in [0.15, 0.2) is 0 Å². The van der Waals surface area contributed by atoms with Crippen molar-refractivity contribution < 1.29 is 4.79 Å². The number of aromatic nitrogens is 1. The Morgan fingerprint density at radius 2 is 2.10 bits per heavy atom. The molecule has 1 aromatic heterocycles. The van der Waals surface area contributed by atoms with Crippen LogP contribution in [0.5, 0.6) is 0 Å². The summed E-state index contributed by atoms with van der Waals surface area (Å²) in [6.45, 7) is 1.39. The summed E-state index contributed by atoms with van der Waals surface area (Å²) in [6.07, 6.45) is 2.48. The Morgan fingerprint density at radius 1 is 1.29 bits per heavy atom. The number of nitrogens with zero attached hydrogens (tertiary/aromatic N) is 2. The molecule has 3 rings (SSSR count). The third-order valence-electron chi connectivity index (χ3n) is 3.96. The number of hydrogen-bond donors (Lipinski definition) is 2. The van der Waals surface area contributed by atoms with Crippen LogP contribution in [0.4, 0.5) is 5.82 Å². The number of pyridine rings is 1. The highest BCUT2D eigenvalue weighted by molar-refractivity contribution is 5.92. The van der Waals surface area contributed by atoms with Gasteiger partial charge in [-0.1, -0.05) is 24.3 Å². The van der Waals surface area contributed by atoms with Crippen LogP contribution < -0.4 is 16.4 Å². The molecule has 5 nitrogen and oxygen atoms in total.